The number of nitrogens with zero attached hydrogens (tertiary/aromatic N) is 1. The van der Waals surface area contributed by atoms with E-state index in [9.17, 15) is 9.59 Å². The molecule has 2 aliphatic heterocycles. The Morgan fingerprint density at radius 2 is 1.92 bits per heavy atom. The molecular formula is C18H16N2O3S. The second-order valence-electron chi connectivity index (χ2n) is 5.79. The van der Waals surface area contributed by atoms with E-state index in [4.69, 9.17) is 4.84 Å². The lowest BCUT2D eigenvalue weighted by molar-refractivity contribution is -0.137. The molecule has 0 aliphatic carbocycles. The molecular weight excluding hydrogens is 324 g/mol. The minimum Gasteiger partial charge on any atom is -0.287 e. The Bertz CT molecular complexity index is 796. The fraction of sp³-hybridized carbons (Fsp3) is 0.222. The summed E-state index contributed by atoms with van der Waals surface area (Å²) in [5.41, 5.74) is 4.31. The lowest BCUT2D eigenvalue weighted by Gasteiger charge is -2.29. The van der Waals surface area contributed by atoms with Gasteiger partial charge < -0.3 is 0 Å². The Morgan fingerprint density at radius 3 is 2.75 bits per heavy atom. The van der Waals surface area contributed by atoms with Crippen LogP contribution in [0.5, 0.6) is 0 Å². The van der Waals surface area contributed by atoms with Gasteiger partial charge in [0.1, 0.15) is 0 Å². The molecule has 122 valence electrons. The van der Waals surface area contributed by atoms with E-state index in [1.165, 1.54) is 11.8 Å². The van der Waals surface area contributed by atoms with Gasteiger partial charge in [0, 0.05) is 11.3 Å². The first kappa shape index (κ1) is 15.2. The summed E-state index contributed by atoms with van der Waals surface area (Å²) >= 11 is 1.43. The maximum atomic E-state index is 12.8. The molecule has 4 rings (SSSR count). The van der Waals surface area contributed by atoms with Crippen molar-refractivity contribution in [3.05, 3.63) is 60.2 Å². The summed E-state index contributed by atoms with van der Waals surface area (Å²) in [5, 5.41) is 0. The highest BCUT2D eigenvalue weighted by Gasteiger charge is 2.57. The molecule has 0 saturated carbocycles. The van der Waals surface area contributed by atoms with Crippen molar-refractivity contribution in [2.45, 2.75) is 29.2 Å². The fourth-order valence-electron chi connectivity index (χ4n) is 3.14. The van der Waals surface area contributed by atoms with Gasteiger partial charge in [-0.2, -0.15) is 0 Å². The van der Waals surface area contributed by atoms with Crippen LogP contribution in [0.3, 0.4) is 0 Å². The molecule has 1 fully saturated rings. The largest absolute Gasteiger partial charge is 0.287 e. The van der Waals surface area contributed by atoms with E-state index in [0.717, 1.165) is 16.1 Å². The number of carbonyl (C=O) groups excluding carboxylic acids is 2. The van der Waals surface area contributed by atoms with Crippen LogP contribution in [0.2, 0.25) is 0 Å². The minimum atomic E-state index is -0.933. The monoisotopic (exact) mass is 340 g/mol. The molecule has 1 atom stereocenters. The second-order valence-corrected chi connectivity index (χ2v) is 7.11. The third-order valence-corrected chi connectivity index (χ3v) is 5.75. The third kappa shape index (κ3) is 2.39. The highest BCUT2D eigenvalue weighted by Crippen LogP contribution is 2.55. The van der Waals surface area contributed by atoms with Crippen molar-refractivity contribution in [1.29, 1.82) is 0 Å². The normalized spacial score (nSPS) is 21.5. The lowest BCUT2D eigenvalue weighted by Crippen LogP contribution is -2.52. The highest BCUT2D eigenvalue weighted by atomic mass is 32.2. The average Bonchev–Trinajstić information content (AvgIpc) is 3.12. The van der Waals surface area contributed by atoms with Crippen LogP contribution in [0.1, 0.15) is 18.4 Å². The predicted molar refractivity (Wildman–Crippen MR) is 91.1 cm³/mol. The maximum Gasteiger partial charge on any atom is 0.280 e. The standard InChI is InChI=1S/C18H16N2O3S/c21-16-10-11-18(20(16)14-8-4-5-9-15(14)24-18)17(22)19-23-12-13-6-2-1-3-7-13/h1-9H,10-12H2,(H,19,22)/t18-/m1/s1. The molecule has 6 heteroatoms. The molecule has 1 saturated heterocycles. The number of anilines is 1. The smallest absolute Gasteiger partial charge is 0.280 e. The minimum absolute atomic E-state index is 0.0225. The van der Waals surface area contributed by atoms with E-state index >= 15 is 0 Å². The Hall–Kier alpha value is -2.31. The number of benzene rings is 2. The van der Waals surface area contributed by atoms with Gasteiger partial charge in [-0.15, -0.1) is 0 Å². The number of rotatable bonds is 4. The second kappa shape index (κ2) is 5.96. The topological polar surface area (TPSA) is 58.6 Å². The SMILES string of the molecule is O=C1CC[C@]2(C(=O)NOCc3ccccc3)Sc3ccccc3N12. The molecule has 2 aromatic carbocycles. The molecule has 5 nitrogen and oxygen atoms in total. The highest BCUT2D eigenvalue weighted by molar-refractivity contribution is 8.02. The van der Waals surface area contributed by atoms with Crippen LogP contribution < -0.4 is 10.4 Å². The van der Waals surface area contributed by atoms with Crippen molar-refractivity contribution in [3.8, 4) is 0 Å². The Balaban J connectivity index is 1.50. The first-order valence-corrected chi connectivity index (χ1v) is 8.60. The molecule has 0 aromatic heterocycles. The van der Waals surface area contributed by atoms with E-state index < -0.39 is 4.87 Å². The number of nitrogens with one attached hydrogen (secondary N) is 1. The summed E-state index contributed by atoms with van der Waals surface area (Å²) in [5.74, 6) is -0.309. The van der Waals surface area contributed by atoms with Crippen molar-refractivity contribution in [1.82, 2.24) is 5.48 Å². The van der Waals surface area contributed by atoms with Gasteiger partial charge in [-0.05, 0) is 24.1 Å². The fourth-order valence-corrected chi connectivity index (χ4v) is 4.54. The Morgan fingerprint density at radius 1 is 1.17 bits per heavy atom. The molecule has 2 heterocycles. The molecule has 1 N–H and O–H groups in total. The summed E-state index contributed by atoms with van der Waals surface area (Å²) in [6.45, 7) is 0.286. The van der Waals surface area contributed by atoms with Crippen molar-refractivity contribution in [2.24, 2.45) is 0 Å². The summed E-state index contributed by atoms with van der Waals surface area (Å²) < 4.78 is 0. The van der Waals surface area contributed by atoms with Gasteiger partial charge in [-0.1, -0.05) is 54.2 Å². The van der Waals surface area contributed by atoms with Gasteiger partial charge in [0.15, 0.2) is 4.87 Å². The molecule has 2 amide bonds. The van der Waals surface area contributed by atoms with E-state index in [-0.39, 0.29) is 18.4 Å². The van der Waals surface area contributed by atoms with Crippen molar-refractivity contribution >= 4 is 29.3 Å². The predicted octanol–water partition coefficient (Wildman–Crippen LogP) is 2.86. The number of thioether (sulfide) groups is 1. The van der Waals surface area contributed by atoms with E-state index in [1.54, 1.807) is 4.90 Å². The van der Waals surface area contributed by atoms with Crippen LogP contribution in [0.15, 0.2) is 59.5 Å². The Labute approximate surface area is 143 Å². The van der Waals surface area contributed by atoms with Crippen LogP contribution in [-0.2, 0) is 21.0 Å². The molecule has 2 aliphatic rings. The summed E-state index contributed by atoms with van der Waals surface area (Å²) in [4.78, 5) is 32.1. The zero-order valence-corrected chi connectivity index (χ0v) is 13.7. The molecule has 0 spiro atoms. The van der Waals surface area contributed by atoms with Crippen LogP contribution in [0.4, 0.5) is 5.69 Å². The quantitative estimate of drug-likeness (QED) is 0.870. The van der Waals surface area contributed by atoms with Crippen LogP contribution in [0.25, 0.3) is 0 Å². The van der Waals surface area contributed by atoms with E-state index in [1.807, 2.05) is 54.6 Å². The molecule has 0 bridgehead atoms. The van der Waals surface area contributed by atoms with E-state index in [0.29, 0.717) is 12.8 Å². The summed E-state index contributed by atoms with van der Waals surface area (Å²) in [7, 11) is 0. The number of para-hydroxylation sites is 1. The average molecular weight is 340 g/mol. The van der Waals surface area contributed by atoms with Crippen LogP contribution in [0, 0.1) is 0 Å². The third-order valence-electron chi connectivity index (χ3n) is 4.27. The molecule has 0 radical (unpaired) electrons. The number of amides is 2. The number of carbonyl (C=O) groups is 2. The van der Waals surface area contributed by atoms with Gasteiger partial charge >= 0.3 is 0 Å². The van der Waals surface area contributed by atoms with E-state index in [2.05, 4.69) is 5.48 Å². The van der Waals surface area contributed by atoms with Gasteiger partial charge in [0.25, 0.3) is 5.91 Å². The summed E-state index contributed by atoms with van der Waals surface area (Å²) in [6.07, 6.45) is 0.846. The number of hydroxylamine groups is 1. The van der Waals surface area contributed by atoms with Crippen molar-refractivity contribution < 1.29 is 14.4 Å². The van der Waals surface area contributed by atoms with Gasteiger partial charge in [-0.3, -0.25) is 19.3 Å². The van der Waals surface area contributed by atoms with Crippen LogP contribution in [-0.4, -0.2) is 16.7 Å². The first-order chi connectivity index (χ1) is 11.7. The summed E-state index contributed by atoms with van der Waals surface area (Å²) in [6, 6.07) is 17.2. The Kier molecular flexibility index (Phi) is 3.78. The molecule has 0 unspecified atom stereocenters. The lowest BCUT2D eigenvalue weighted by atomic mass is 10.2. The number of hydrogen-bond acceptors (Lipinski definition) is 4. The zero-order valence-electron chi connectivity index (χ0n) is 12.9. The van der Waals surface area contributed by atoms with Gasteiger partial charge in [-0.25, -0.2) is 5.48 Å². The van der Waals surface area contributed by atoms with Crippen LogP contribution >= 0.6 is 11.8 Å². The van der Waals surface area contributed by atoms with Gasteiger partial charge in [0.2, 0.25) is 5.91 Å². The number of hydrogen-bond donors (Lipinski definition) is 1. The van der Waals surface area contributed by atoms with Crippen molar-refractivity contribution in [3.63, 3.8) is 0 Å². The van der Waals surface area contributed by atoms with Gasteiger partial charge in [0.05, 0.1) is 12.3 Å². The number of fused-ring (bicyclic) bond motifs is 3. The zero-order chi connectivity index (χ0) is 16.6. The molecule has 2 aromatic rings. The maximum absolute atomic E-state index is 12.8. The first-order valence-electron chi connectivity index (χ1n) is 7.78. The van der Waals surface area contributed by atoms with Crippen molar-refractivity contribution in [2.75, 3.05) is 4.90 Å². The molecule has 24 heavy (non-hydrogen) atoms.